The van der Waals surface area contributed by atoms with Gasteiger partial charge in [0, 0.05) is 18.9 Å². The molecule has 0 aliphatic carbocycles. The molecule has 2 N–H and O–H groups in total. The van der Waals surface area contributed by atoms with E-state index in [-0.39, 0.29) is 0 Å². The summed E-state index contributed by atoms with van der Waals surface area (Å²) in [5.74, 6) is 0.571. The Morgan fingerprint density at radius 1 is 1.00 bits per heavy atom. The number of ether oxygens (including phenoxy) is 4. The van der Waals surface area contributed by atoms with Gasteiger partial charge in [0.05, 0.1) is 38.1 Å². The van der Waals surface area contributed by atoms with Crippen molar-refractivity contribution in [3.05, 3.63) is 23.2 Å². The number of benzene rings is 1. The Morgan fingerprint density at radius 3 is 2.32 bits per heavy atom. The average Bonchev–Trinajstić information content (AvgIpc) is 2.40. The van der Waals surface area contributed by atoms with Crippen LogP contribution < -0.4 is 10.5 Å². The SMILES string of the molecule is COCCOCCOCCOc1cc(N)ccc1Cl. The van der Waals surface area contributed by atoms with Crippen LogP contribution in [0.5, 0.6) is 5.75 Å². The van der Waals surface area contributed by atoms with Crippen LogP contribution >= 0.6 is 11.6 Å². The largest absolute Gasteiger partial charge is 0.490 e. The lowest BCUT2D eigenvalue weighted by atomic mass is 10.3. The van der Waals surface area contributed by atoms with Gasteiger partial charge in [0.15, 0.2) is 0 Å². The summed E-state index contributed by atoms with van der Waals surface area (Å²) in [4.78, 5) is 0. The van der Waals surface area contributed by atoms with Gasteiger partial charge >= 0.3 is 0 Å². The number of hydrogen-bond donors (Lipinski definition) is 1. The van der Waals surface area contributed by atoms with Gasteiger partial charge in [-0.1, -0.05) is 11.6 Å². The van der Waals surface area contributed by atoms with E-state index in [4.69, 9.17) is 36.3 Å². The maximum atomic E-state index is 5.95. The van der Waals surface area contributed by atoms with E-state index < -0.39 is 0 Å². The quantitative estimate of drug-likeness (QED) is 0.527. The minimum atomic E-state index is 0.418. The van der Waals surface area contributed by atoms with Crippen molar-refractivity contribution in [2.45, 2.75) is 0 Å². The molecule has 0 heterocycles. The number of rotatable bonds is 10. The van der Waals surface area contributed by atoms with Crippen molar-refractivity contribution in [3.63, 3.8) is 0 Å². The Kier molecular flexibility index (Phi) is 8.33. The second kappa shape index (κ2) is 9.86. The highest BCUT2D eigenvalue weighted by Gasteiger charge is 2.01. The fourth-order valence-corrected chi connectivity index (χ4v) is 1.48. The highest BCUT2D eigenvalue weighted by Crippen LogP contribution is 2.26. The first kappa shape index (κ1) is 16.0. The maximum Gasteiger partial charge on any atom is 0.140 e. The van der Waals surface area contributed by atoms with E-state index in [2.05, 4.69) is 0 Å². The normalized spacial score (nSPS) is 10.6. The molecule has 0 spiro atoms. The molecule has 0 aliphatic heterocycles. The van der Waals surface area contributed by atoms with E-state index >= 15 is 0 Å². The molecule has 0 fully saturated rings. The Bertz CT molecular complexity index is 362. The topological polar surface area (TPSA) is 62.9 Å². The molecule has 0 saturated heterocycles. The van der Waals surface area contributed by atoms with Gasteiger partial charge in [-0.2, -0.15) is 0 Å². The number of anilines is 1. The summed E-state index contributed by atoms with van der Waals surface area (Å²) < 4.78 is 20.9. The summed E-state index contributed by atoms with van der Waals surface area (Å²) in [7, 11) is 1.64. The molecule has 0 saturated carbocycles. The molecule has 0 radical (unpaired) electrons. The van der Waals surface area contributed by atoms with E-state index in [1.807, 2.05) is 0 Å². The first-order valence-electron chi connectivity index (χ1n) is 6.06. The molecule has 0 amide bonds. The van der Waals surface area contributed by atoms with Crippen LogP contribution in [0.4, 0.5) is 5.69 Å². The van der Waals surface area contributed by atoms with Gasteiger partial charge < -0.3 is 24.7 Å². The third kappa shape index (κ3) is 7.22. The zero-order valence-electron chi connectivity index (χ0n) is 11.1. The fourth-order valence-electron chi connectivity index (χ4n) is 1.31. The smallest absolute Gasteiger partial charge is 0.140 e. The second-order valence-corrected chi connectivity index (χ2v) is 4.16. The van der Waals surface area contributed by atoms with E-state index in [0.717, 1.165) is 0 Å². The van der Waals surface area contributed by atoms with Gasteiger partial charge in [-0.15, -0.1) is 0 Å². The molecule has 108 valence electrons. The highest BCUT2D eigenvalue weighted by atomic mass is 35.5. The maximum absolute atomic E-state index is 5.95. The average molecular weight is 290 g/mol. The molecule has 0 unspecified atom stereocenters. The number of nitrogen functional groups attached to an aromatic ring is 1. The summed E-state index contributed by atoms with van der Waals surface area (Å²) in [5, 5.41) is 0.539. The molecule has 1 rings (SSSR count). The van der Waals surface area contributed by atoms with Crippen molar-refractivity contribution < 1.29 is 18.9 Å². The fraction of sp³-hybridized carbons (Fsp3) is 0.538. The molecule has 1 aromatic carbocycles. The zero-order valence-corrected chi connectivity index (χ0v) is 11.8. The summed E-state index contributed by atoms with van der Waals surface area (Å²) in [6.45, 7) is 3.13. The minimum Gasteiger partial charge on any atom is -0.490 e. The van der Waals surface area contributed by atoms with Crippen molar-refractivity contribution in [2.24, 2.45) is 0 Å². The van der Waals surface area contributed by atoms with Crippen molar-refractivity contribution in [2.75, 3.05) is 52.5 Å². The minimum absolute atomic E-state index is 0.418. The van der Waals surface area contributed by atoms with Crippen LogP contribution in [-0.2, 0) is 14.2 Å². The lowest BCUT2D eigenvalue weighted by molar-refractivity contribution is 0.0180. The van der Waals surface area contributed by atoms with Crippen molar-refractivity contribution in [1.82, 2.24) is 0 Å². The Hall–Kier alpha value is -1.01. The van der Waals surface area contributed by atoms with Crippen molar-refractivity contribution in [3.8, 4) is 5.75 Å². The van der Waals surface area contributed by atoms with E-state index in [0.29, 0.717) is 56.1 Å². The van der Waals surface area contributed by atoms with Crippen molar-refractivity contribution >= 4 is 17.3 Å². The van der Waals surface area contributed by atoms with E-state index in [1.165, 1.54) is 0 Å². The van der Waals surface area contributed by atoms with Gasteiger partial charge in [0.1, 0.15) is 12.4 Å². The first-order chi connectivity index (χ1) is 9.24. The highest BCUT2D eigenvalue weighted by molar-refractivity contribution is 6.32. The van der Waals surface area contributed by atoms with Gasteiger partial charge in [-0.25, -0.2) is 0 Å². The van der Waals surface area contributed by atoms with Crippen LogP contribution in [0.2, 0.25) is 5.02 Å². The Morgan fingerprint density at radius 2 is 1.63 bits per heavy atom. The molecule has 6 heteroatoms. The van der Waals surface area contributed by atoms with Crippen LogP contribution in [-0.4, -0.2) is 46.8 Å². The predicted molar refractivity (Wildman–Crippen MR) is 74.9 cm³/mol. The van der Waals surface area contributed by atoms with Crippen LogP contribution in [0.1, 0.15) is 0 Å². The number of methoxy groups -OCH3 is 1. The van der Waals surface area contributed by atoms with Crippen molar-refractivity contribution in [1.29, 1.82) is 0 Å². The zero-order chi connectivity index (χ0) is 13.9. The van der Waals surface area contributed by atoms with E-state index in [9.17, 15) is 0 Å². The molecule has 1 aromatic rings. The first-order valence-corrected chi connectivity index (χ1v) is 6.44. The van der Waals surface area contributed by atoms with Gasteiger partial charge in [-0.3, -0.25) is 0 Å². The second-order valence-electron chi connectivity index (χ2n) is 3.76. The number of hydrogen-bond acceptors (Lipinski definition) is 5. The Labute approximate surface area is 118 Å². The third-order valence-corrected chi connectivity index (χ3v) is 2.56. The number of nitrogens with two attached hydrogens (primary N) is 1. The lowest BCUT2D eigenvalue weighted by Gasteiger charge is -2.09. The van der Waals surface area contributed by atoms with Gasteiger partial charge in [-0.05, 0) is 12.1 Å². The van der Waals surface area contributed by atoms with E-state index in [1.54, 1.807) is 25.3 Å². The molecule has 0 atom stereocenters. The van der Waals surface area contributed by atoms with Crippen LogP contribution in [0, 0.1) is 0 Å². The Balaban J connectivity index is 2.03. The standard InChI is InChI=1S/C13H20ClNO4/c1-16-4-5-17-6-7-18-8-9-19-13-10-11(15)2-3-12(13)14/h2-3,10H,4-9,15H2,1H3. The predicted octanol–water partition coefficient (Wildman–Crippen LogP) is 1.98. The molecule has 0 aliphatic rings. The van der Waals surface area contributed by atoms with Crippen LogP contribution in [0.3, 0.4) is 0 Å². The molecular weight excluding hydrogens is 270 g/mol. The monoisotopic (exact) mass is 289 g/mol. The van der Waals surface area contributed by atoms with Crippen LogP contribution in [0.15, 0.2) is 18.2 Å². The summed E-state index contributed by atoms with van der Waals surface area (Å²) >= 11 is 5.95. The molecule has 0 bridgehead atoms. The number of halogens is 1. The summed E-state index contributed by atoms with van der Waals surface area (Å²) in [5.41, 5.74) is 6.26. The molecule has 5 nitrogen and oxygen atoms in total. The summed E-state index contributed by atoms with van der Waals surface area (Å²) in [6, 6.07) is 5.12. The lowest BCUT2D eigenvalue weighted by Crippen LogP contribution is -2.12. The molecule has 19 heavy (non-hydrogen) atoms. The van der Waals surface area contributed by atoms with Gasteiger partial charge in [0.25, 0.3) is 0 Å². The summed E-state index contributed by atoms with van der Waals surface area (Å²) in [6.07, 6.45) is 0. The van der Waals surface area contributed by atoms with Gasteiger partial charge in [0.2, 0.25) is 0 Å². The molecule has 0 aromatic heterocycles. The molecular formula is C13H20ClNO4. The third-order valence-electron chi connectivity index (χ3n) is 2.24. The van der Waals surface area contributed by atoms with Crippen LogP contribution in [0.25, 0.3) is 0 Å².